The van der Waals surface area contributed by atoms with E-state index in [9.17, 15) is 0 Å². The second kappa shape index (κ2) is 4.44. The smallest absolute Gasteiger partial charge is 0.139 e. The van der Waals surface area contributed by atoms with E-state index in [-0.39, 0.29) is 6.10 Å². The lowest BCUT2D eigenvalue weighted by Crippen LogP contribution is -2.19. The molecule has 2 unspecified atom stereocenters. The Labute approximate surface area is 95.8 Å². The van der Waals surface area contributed by atoms with Gasteiger partial charge in [-0.3, -0.25) is 0 Å². The van der Waals surface area contributed by atoms with Crippen LogP contribution in [-0.4, -0.2) is 6.10 Å². The molecule has 0 spiro atoms. The molecule has 0 saturated heterocycles. The highest BCUT2D eigenvalue weighted by Gasteiger charge is 2.25. The fourth-order valence-corrected chi connectivity index (χ4v) is 2.22. The van der Waals surface area contributed by atoms with Gasteiger partial charge in [0.2, 0.25) is 0 Å². The van der Waals surface area contributed by atoms with Crippen molar-refractivity contribution in [1.29, 1.82) is 5.26 Å². The number of nitrogens with two attached hydrogens (primary N) is 1. The summed E-state index contributed by atoms with van der Waals surface area (Å²) >= 11 is 0. The minimum absolute atomic E-state index is 0.230. The number of nitriles is 1. The van der Waals surface area contributed by atoms with Crippen LogP contribution in [0.5, 0.6) is 5.75 Å². The van der Waals surface area contributed by atoms with Gasteiger partial charge in [0, 0.05) is 0 Å². The number of nitrogens with zero attached hydrogens (tertiary/aromatic N) is 1. The second-order valence-electron chi connectivity index (χ2n) is 4.40. The van der Waals surface area contributed by atoms with Gasteiger partial charge in [0.15, 0.2) is 0 Å². The molecule has 16 heavy (non-hydrogen) atoms. The van der Waals surface area contributed by atoms with Crippen molar-refractivity contribution < 1.29 is 4.74 Å². The highest BCUT2D eigenvalue weighted by molar-refractivity contribution is 5.60. The van der Waals surface area contributed by atoms with Crippen LogP contribution in [0.2, 0.25) is 0 Å². The van der Waals surface area contributed by atoms with E-state index in [4.69, 9.17) is 15.7 Å². The predicted octanol–water partition coefficient (Wildman–Crippen LogP) is 2.71. The van der Waals surface area contributed by atoms with E-state index in [1.54, 1.807) is 6.07 Å². The Balaban J connectivity index is 2.21. The van der Waals surface area contributed by atoms with Crippen molar-refractivity contribution in [3.05, 3.63) is 23.8 Å². The Bertz CT molecular complexity index is 422. The number of benzene rings is 1. The average molecular weight is 216 g/mol. The largest absolute Gasteiger partial charge is 0.489 e. The van der Waals surface area contributed by atoms with E-state index in [0.717, 1.165) is 6.42 Å². The summed E-state index contributed by atoms with van der Waals surface area (Å²) in [5, 5.41) is 9.03. The first-order valence-corrected chi connectivity index (χ1v) is 5.67. The number of hydrogen-bond acceptors (Lipinski definition) is 3. The summed E-state index contributed by atoms with van der Waals surface area (Å²) in [6, 6.07) is 7.47. The molecule has 84 valence electrons. The van der Waals surface area contributed by atoms with Gasteiger partial charge in [-0.05, 0) is 37.3 Å². The third-order valence-electron chi connectivity index (χ3n) is 3.23. The Morgan fingerprint density at radius 3 is 2.88 bits per heavy atom. The van der Waals surface area contributed by atoms with Crippen LogP contribution in [0.3, 0.4) is 0 Å². The molecule has 3 heteroatoms. The van der Waals surface area contributed by atoms with Crippen LogP contribution in [-0.2, 0) is 0 Å². The first-order valence-electron chi connectivity index (χ1n) is 5.67. The number of nitrogen functional groups attached to an aromatic ring is 1. The van der Waals surface area contributed by atoms with E-state index in [0.29, 0.717) is 22.9 Å². The normalized spacial score (nSPS) is 24.0. The van der Waals surface area contributed by atoms with Gasteiger partial charge in [-0.25, -0.2) is 0 Å². The van der Waals surface area contributed by atoms with Gasteiger partial charge < -0.3 is 10.5 Å². The van der Waals surface area contributed by atoms with Gasteiger partial charge in [0.1, 0.15) is 23.5 Å². The second-order valence-corrected chi connectivity index (χ2v) is 4.40. The van der Waals surface area contributed by atoms with Crippen molar-refractivity contribution >= 4 is 5.69 Å². The maximum absolute atomic E-state index is 9.03. The average Bonchev–Trinajstić information content (AvgIpc) is 2.65. The van der Waals surface area contributed by atoms with Crippen LogP contribution in [0, 0.1) is 17.2 Å². The van der Waals surface area contributed by atoms with Crippen molar-refractivity contribution in [2.45, 2.75) is 32.3 Å². The summed E-state index contributed by atoms with van der Waals surface area (Å²) in [7, 11) is 0. The molecular formula is C13H16N2O. The van der Waals surface area contributed by atoms with Gasteiger partial charge in [-0.15, -0.1) is 0 Å². The summed E-state index contributed by atoms with van der Waals surface area (Å²) in [6.07, 6.45) is 3.71. The molecule has 1 aromatic rings. The van der Waals surface area contributed by atoms with Crippen molar-refractivity contribution in [3.8, 4) is 11.8 Å². The topological polar surface area (TPSA) is 59.0 Å². The van der Waals surface area contributed by atoms with Gasteiger partial charge >= 0.3 is 0 Å². The molecule has 0 aromatic heterocycles. The Hall–Kier alpha value is -1.69. The van der Waals surface area contributed by atoms with Gasteiger partial charge in [0.05, 0.1) is 5.69 Å². The molecule has 1 fully saturated rings. The number of ether oxygens (including phenoxy) is 1. The van der Waals surface area contributed by atoms with Crippen LogP contribution in [0.15, 0.2) is 18.2 Å². The lowest BCUT2D eigenvalue weighted by atomic mass is 10.1. The monoisotopic (exact) mass is 216 g/mol. The van der Waals surface area contributed by atoms with Crippen molar-refractivity contribution in [2.75, 3.05) is 5.73 Å². The van der Waals surface area contributed by atoms with E-state index in [1.165, 1.54) is 12.8 Å². The maximum Gasteiger partial charge on any atom is 0.139 e. The van der Waals surface area contributed by atoms with Gasteiger partial charge in [-0.2, -0.15) is 5.26 Å². The van der Waals surface area contributed by atoms with E-state index >= 15 is 0 Å². The maximum atomic E-state index is 9.03. The lowest BCUT2D eigenvalue weighted by Gasteiger charge is -2.19. The molecular weight excluding hydrogens is 200 g/mol. The van der Waals surface area contributed by atoms with Crippen LogP contribution < -0.4 is 10.5 Å². The van der Waals surface area contributed by atoms with Crippen LogP contribution in [0.4, 0.5) is 5.69 Å². The molecule has 2 atom stereocenters. The molecule has 1 aliphatic carbocycles. The summed E-state index contributed by atoms with van der Waals surface area (Å²) in [5.74, 6) is 1.19. The molecule has 1 saturated carbocycles. The Morgan fingerprint density at radius 2 is 2.25 bits per heavy atom. The van der Waals surface area contributed by atoms with E-state index in [1.807, 2.05) is 12.1 Å². The van der Waals surface area contributed by atoms with Crippen LogP contribution in [0.1, 0.15) is 31.7 Å². The predicted molar refractivity (Wildman–Crippen MR) is 63.0 cm³/mol. The zero-order valence-electron chi connectivity index (χ0n) is 9.44. The molecule has 1 aliphatic rings. The molecule has 0 radical (unpaired) electrons. The molecule has 1 aromatic carbocycles. The fourth-order valence-electron chi connectivity index (χ4n) is 2.22. The summed E-state index contributed by atoms with van der Waals surface area (Å²) in [5.41, 5.74) is 6.69. The van der Waals surface area contributed by atoms with E-state index in [2.05, 4.69) is 13.0 Å². The molecule has 0 heterocycles. The standard InChI is InChI=1S/C13H16N2O/c1-9-4-2-6-12(9)16-13-7-3-5-11(15)10(13)8-14/h3,5,7,9,12H,2,4,6,15H2,1H3. The molecule has 0 amide bonds. The fraction of sp³-hybridized carbons (Fsp3) is 0.462. The van der Waals surface area contributed by atoms with E-state index < -0.39 is 0 Å². The zero-order chi connectivity index (χ0) is 11.5. The van der Waals surface area contributed by atoms with Crippen molar-refractivity contribution in [1.82, 2.24) is 0 Å². The minimum Gasteiger partial charge on any atom is -0.489 e. The number of hydrogen-bond donors (Lipinski definition) is 1. The van der Waals surface area contributed by atoms with Gasteiger partial charge in [-0.1, -0.05) is 13.0 Å². The Kier molecular flexibility index (Phi) is 3.00. The van der Waals surface area contributed by atoms with Crippen LogP contribution >= 0.6 is 0 Å². The summed E-state index contributed by atoms with van der Waals surface area (Å²) < 4.78 is 5.89. The summed E-state index contributed by atoms with van der Waals surface area (Å²) in [6.45, 7) is 2.19. The zero-order valence-corrected chi connectivity index (χ0v) is 9.44. The third kappa shape index (κ3) is 1.96. The number of anilines is 1. The minimum atomic E-state index is 0.230. The highest BCUT2D eigenvalue weighted by Crippen LogP contribution is 2.32. The van der Waals surface area contributed by atoms with Crippen molar-refractivity contribution in [3.63, 3.8) is 0 Å². The third-order valence-corrected chi connectivity index (χ3v) is 3.23. The van der Waals surface area contributed by atoms with Crippen molar-refractivity contribution in [2.24, 2.45) is 5.92 Å². The molecule has 0 bridgehead atoms. The molecule has 0 aliphatic heterocycles. The van der Waals surface area contributed by atoms with Gasteiger partial charge in [0.25, 0.3) is 0 Å². The molecule has 2 rings (SSSR count). The number of rotatable bonds is 2. The first kappa shape index (κ1) is 10.8. The molecule has 3 nitrogen and oxygen atoms in total. The highest BCUT2D eigenvalue weighted by atomic mass is 16.5. The quantitative estimate of drug-likeness (QED) is 0.773. The molecule has 2 N–H and O–H groups in total. The van der Waals surface area contributed by atoms with Crippen LogP contribution in [0.25, 0.3) is 0 Å². The first-order chi connectivity index (χ1) is 7.72. The summed E-state index contributed by atoms with van der Waals surface area (Å²) in [4.78, 5) is 0. The SMILES string of the molecule is CC1CCCC1Oc1cccc(N)c1C#N. The lowest BCUT2D eigenvalue weighted by molar-refractivity contribution is 0.167. The Morgan fingerprint density at radius 1 is 1.44 bits per heavy atom.